The fraction of sp³-hybridized carbons (Fsp3) is 0.385. The topological polar surface area (TPSA) is 50.2 Å². The maximum atomic E-state index is 11.6. The van der Waals surface area contributed by atoms with Gasteiger partial charge in [-0.2, -0.15) is 0 Å². The molecule has 0 aliphatic carbocycles. The number of carbonyl (C=O) groups excluding carboxylic acids is 1. The molecule has 0 heterocycles. The number of hydrogen-bond donors (Lipinski definition) is 1. The van der Waals surface area contributed by atoms with Crippen molar-refractivity contribution in [2.75, 3.05) is 6.61 Å². The van der Waals surface area contributed by atoms with Crippen molar-refractivity contribution in [3.63, 3.8) is 0 Å². The van der Waals surface area contributed by atoms with Crippen LogP contribution in [0, 0.1) is 11.3 Å². The lowest BCUT2D eigenvalue weighted by molar-refractivity contribution is -0.145. The van der Waals surface area contributed by atoms with Gasteiger partial charge in [-0.25, -0.2) is 0 Å². The molecule has 0 aliphatic heterocycles. The Bertz CT molecular complexity index is 359. The summed E-state index contributed by atoms with van der Waals surface area (Å²) < 4.78 is 4.96. The number of benzene rings is 1. The highest BCUT2D eigenvalue weighted by atomic mass is 16.5. The molecule has 86 valence electrons. The first-order chi connectivity index (χ1) is 7.65. The predicted octanol–water partition coefficient (Wildman–Crippen LogP) is 2.45. The van der Waals surface area contributed by atoms with Crippen LogP contribution in [0.5, 0.6) is 0 Å². The van der Waals surface area contributed by atoms with E-state index in [1.807, 2.05) is 30.3 Å². The van der Waals surface area contributed by atoms with E-state index in [0.717, 1.165) is 5.56 Å². The van der Waals surface area contributed by atoms with Gasteiger partial charge in [-0.15, -0.1) is 0 Å². The molecule has 0 spiro atoms. The summed E-state index contributed by atoms with van der Waals surface area (Å²) in [5.41, 5.74) is 1.40. The van der Waals surface area contributed by atoms with Crippen LogP contribution in [-0.4, -0.2) is 18.3 Å². The average Bonchev–Trinajstić information content (AvgIpc) is 2.27. The van der Waals surface area contributed by atoms with Gasteiger partial charge in [-0.1, -0.05) is 30.3 Å². The molecule has 0 saturated heterocycles. The Morgan fingerprint density at radius 2 is 2.00 bits per heavy atom. The third kappa shape index (κ3) is 3.50. The highest BCUT2D eigenvalue weighted by molar-refractivity contribution is 5.99. The van der Waals surface area contributed by atoms with E-state index in [2.05, 4.69) is 0 Å². The van der Waals surface area contributed by atoms with Crippen molar-refractivity contribution in [3.05, 3.63) is 35.9 Å². The molecule has 1 rings (SSSR count). The largest absolute Gasteiger partial charge is 0.465 e. The molecule has 3 heteroatoms. The standard InChI is InChI=1S/C13H17NO2/c1-3-16-13(15)12(10(2)14)9-11-7-5-4-6-8-11/h4-8,12,14H,3,9H2,1-2H3. The Kier molecular flexibility index (Phi) is 4.70. The molecule has 0 saturated carbocycles. The Morgan fingerprint density at radius 1 is 1.38 bits per heavy atom. The fourth-order valence-corrected chi connectivity index (χ4v) is 1.51. The molecule has 1 N–H and O–H groups in total. The summed E-state index contributed by atoms with van der Waals surface area (Å²) in [5, 5.41) is 7.61. The monoisotopic (exact) mass is 219 g/mol. The van der Waals surface area contributed by atoms with Crippen LogP contribution in [0.2, 0.25) is 0 Å². The lowest BCUT2D eigenvalue weighted by Gasteiger charge is -2.14. The van der Waals surface area contributed by atoms with Gasteiger partial charge >= 0.3 is 5.97 Å². The van der Waals surface area contributed by atoms with Crippen LogP contribution in [0.25, 0.3) is 0 Å². The minimum absolute atomic E-state index is 0.307. The first kappa shape index (κ1) is 12.4. The van der Waals surface area contributed by atoms with Gasteiger partial charge in [-0.05, 0) is 25.8 Å². The van der Waals surface area contributed by atoms with Gasteiger partial charge in [0.25, 0.3) is 0 Å². The van der Waals surface area contributed by atoms with E-state index in [9.17, 15) is 4.79 Å². The fourth-order valence-electron chi connectivity index (χ4n) is 1.51. The van der Waals surface area contributed by atoms with E-state index in [0.29, 0.717) is 18.7 Å². The number of rotatable bonds is 5. The van der Waals surface area contributed by atoms with Crippen molar-refractivity contribution in [1.82, 2.24) is 0 Å². The highest BCUT2D eigenvalue weighted by Gasteiger charge is 2.22. The van der Waals surface area contributed by atoms with Crippen LogP contribution < -0.4 is 0 Å². The van der Waals surface area contributed by atoms with Gasteiger partial charge in [0.1, 0.15) is 0 Å². The summed E-state index contributed by atoms with van der Waals surface area (Å²) >= 11 is 0. The van der Waals surface area contributed by atoms with Crippen molar-refractivity contribution in [2.45, 2.75) is 20.3 Å². The zero-order chi connectivity index (χ0) is 12.0. The van der Waals surface area contributed by atoms with Gasteiger partial charge in [0.2, 0.25) is 0 Å². The van der Waals surface area contributed by atoms with Crippen LogP contribution in [0.1, 0.15) is 19.4 Å². The maximum Gasteiger partial charge on any atom is 0.314 e. The number of hydrogen-bond acceptors (Lipinski definition) is 3. The predicted molar refractivity (Wildman–Crippen MR) is 63.7 cm³/mol. The molecule has 0 radical (unpaired) electrons. The molecule has 0 bridgehead atoms. The van der Waals surface area contributed by atoms with Gasteiger partial charge in [0.15, 0.2) is 0 Å². The minimum atomic E-state index is -0.456. The summed E-state index contributed by atoms with van der Waals surface area (Å²) in [4.78, 5) is 11.6. The molecule has 0 amide bonds. The molecule has 0 aliphatic rings. The highest BCUT2D eigenvalue weighted by Crippen LogP contribution is 2.11. The van der Waals surface area contributed by atoms with E-state index in [-0.39, 0.29) is 5.97 Å². The van der Waals surface area contributed by atoms with Gasteiger partial charge in [0, 0.05) is 5.71 Å². The first-order valence-corrected chi connectivity index (χ1v) is 5.40. The number of nitrogens with one attached hydrogen (secondary N) is 1. The lowest BCUT2D eigenvalue weighted by atomic mass is 9.95. The number of carbonyl (C=O) groups is 1. The molecule has 1 atom stereocenters. The molecule has 3 nitrogen and oxygen atoms in total. The van der Waals surface area contributed by atoms with Crippen LogP contribution >= 0.6 is 0 Å². The normalized spacial score (nSPS) is 11.9. The van der Waals surface area contributed by atoms with Crippen LogP contribution in [-0.2, 0) is 16.0 Å². The zero-order valence-electron chi connectivity index (χ0n) is 9.69. The SMILES string of the molecule is CCOC(=O)C(Cc1ccccc1)C(C)=N. The second kappa shape index (κ2) is 6.05. The van der Waals surface area contributed by atoms with Crippen LogP contribution in [0.15, 0.2) is 30.3 Å². The first-order valence-electron chi connectivity index (χ1n) is 5.40. The Labute approximate surface area is 95.9 Å². The molecule has 1 aromatic rings. The van der Waals surface area contributed by atoms with E-state index in [4.69, 9.17) is 10.1 Å². The molecule has 1 unspecified atom stereocenters. The smallest absolute Gasteiger partial charge is 0.314 e. The summed E-state index contributed by atoms with van der Waals surface area (Å²) in [6, 6.07) is 9.69. The number of esters is 1. The Morgan fingerprint density at radius 3 is 2.50 bits per heavy atom. The number of ether oxygens (including phenoxy) is 1. The summed E-state index contributed by atoms with van der Waals surface area (Å²) in [6.07, 6.45) is 0.537. The van der Waals surface area contributed by atoms with Crippen LogP contribution in [0.3, 0.4) is 0 Å². The van der Waals surface area contributed by atoms with E-state index >= 15 is 0 Å². The Hall–Kier alpha value is -1.64. The molecule has 0 fully saturated rings. The summed E-state index contributed by atoms with van der Waals surface area (Å²) in [5.74, 6) is -0.763. The third-order valence-electron chi connectivity index (χ3n) is 2.38. The van der Waals surface area contributed by atoms with Crippen molar-refractivity contribution >= 4 is 11.7 Å². The van der Waals surface area contributed by atoms with Gasteiger partial charge < -0.3 is 10.1 Å². The third-order valence-corrected chi connectivity index (χ3v) is 2.38. The van der Waals surface area contributed by atoms with E-state index in [1.54, 1.807) is 13.8 Å². The molecule has 0 aromatic heterocycles. The maximum absolute atomic E-state index is 11.6. The van der Waals surface area contributed by atoms with Crippen molar-refractivity contribution in [2.24, 2.45) is 5.92 Å². The summed E-state index contributed by atoms with van der Waals surface area (Å²) in [7, 11) is 0. The molecular weight excluding hydrogens is 202 g/mol. The summed E-state index contributed by atoms with van der Waals surface area (Å²) in [6.45, 7) is 3.78. The van der Waals surface area contributed by atoms with Gasteiger partial charge in [-0.3, -0.25) is 4.79 Å². The average molecular weight is 219 g/mol. The quantitative estimate of drug-likeness (QED) is 0.611. The van der Waals surface area contributed by atoms with Crippen LogP contribution in [0.4, 0.5) is 0 Å². The second-order valence-corrected chi connectivity index (χ2v) is 3.68. The van der Waals surface area contributed by atoms with E-state index in [1.165, 1.54) is 0 Å². The molecule has 16 heavy (non-hydrogen) atoms. The van der Waals surface area contributed by atoms with Crippen molar-refractivity contribution < 1.29 is 9.53 Å². The van der Waals surface area contributed by atoms with Gasteiger partial charge in [0.05, 0.1) is 12.5 Å². The minimum Gasteiger partial charge on any atom is -0.465 e. The lowest BCUT2D eigenvalue weighted by Crippen LogP contribution is -2.26. The zero-order valence-corrected chi connectivity index (χ0v) is 9.69. The van der Waals surface area contributed by atoms with E-state index < -0.39 is 5.92 Å². The van der Waals surface area contributed by atoms with Crippen molar-refractivity contribution in [1.29, 1.82) is 5.41 Å². The van der Waals surface area contributed by atoms with Crippen molar-refractivity contribution in [3.8, 4) is 0 Å². The second-order valence-electron chi connectivity index (χ2n) is 3.68. The molecular formula is C13H17NO2. The Balaban J connectivity index is 2.73. The molecule has 1 aromatic carbocycles.